The van der Waals surface area contributed by atoms with Crippen molar-refractivity contribution in [2.75, 3.05) is 5.32 Å². The van der Waals surface area contributed by atoms with E-state index in [9.17, 15) is 13.6 Å². The van der Waals surface area contributed by atoms with Crippen LogP contribution in [0.15, 0.2) is 40.9 Å². The summed E-state index contributed by atoms with van der Waals surface area (Å²) in [6.45, 7) is 0.341. The predicted molar refractivity (Wildman–Crippen MR) is 76.3 cm³/mol. The summed E-state index contributed by atoms with van der Waals surface area (Å²) in [7, 11) is 0. The summed E-state index contributed by atoms with van der Waals surface area (Å²) in [6, 6.07) is 9.14. The molecule has 0 heterocycles. The fourth-order valence-corrected chi connectivity index (χ4v) is 1.94. The van der Waals surface area contributed by atoms with Crippen LogP contribution in [0.3, 0.4) is 0 Å². The third kappa shape index (κ3) is 3.33. The maximum atomic E-state index is 13.6. The summed E-state index contributed by atoms with van der Waals surface area (Å²) >= 11 is 3.31. The number of nitrogens with one attached hydrogen (secondary N) is 1. The van der Waals surface area contributed by atoms with Crippen LogP contribution in [0.25, 0.3) is 0 Å². The summed E-state index contributed by atoms with van der Waals surface area (Å²) in [6.07, 6.45) is 0. The molecule has 20 heavy (non-hydrogen) atoms. The van der Waals surface area contributed by atoms with Gasteiger partial charge in [0.15, 0.2) is 0 Å². The molecule has 0 radical (unpaired) electrons. The number of hydrogen-bond acceptors (Lipinski definition) is 2. The number of nitrogens with two attached hydrogens (primary N) is 1. The number of benzene rings is 2. The minimum absolute atomic E-state index is 0.0307. The molecule has 0 spiro atoms. The van der Waals surface area contributed by atoms with E-state index in [1.807, 2.05) is 24.3 Å². The van der Waals surface area contributed by atoms with Crippen molar-refractivity contribution in [2.24, 2.45) is 5.73 Å². The topological polar surface area (TPSA) is 55.1 Å². The van der Waals surface area contributed by atoms with Crippen LogP contribution in [0.5, 0.6) is 0 Å². The number of amides is 1. The van der Waals surface area contributed by atoms with Gasteiger partial charge in [-0.15, -0.1) is 0 Å². The van der Waals surface area contributed by atoms with E-state index in [2.05, 4.69) is 21.2 Å². The van der Waals surface area contributed by atoms with Gasteiger partial charge in [0.25, 0.3) is 5.91 Å². The summed E-state index contributed by atoms with van der Waals surface area (Å²) in [5, 5.41) is 2.81. The van der Waals surface area contributed by atoms with Gasteiger partial charge in [0.2, 0.25) is 0 Å². The Labute approximate surface area is 122 Å². The fraction of sp³-hybridized carbons (Fsp3) is 0.0714. The molecule has 6 heteroatoms. The molecule has 0 fully saturated rings. The summed E-state index contributed by atoms with van der Waals surface area (Å²) in [4.78, 5) is 11.0. The molecule has 3 N–H and O–H groups in total. The zero-order chi connectivity index (χ0) is 14.7. The summed E-state index contributed by atoms with van der Waals surface area (Å²) in [5.74, 6) is -2.68. The first-order chi connectivity index (χ1) is 9.47. The lowest BCUT2D eigenvalue weighted by molar-refractivity contribution is 0.0996. The van der Waals surface area contributed by atoms with Crippen molar-refractivity contribution in [1.82, 2.24) is 0 Å². The van der Waals surface area contributed by atoms with Gasteiger partial charge in [-0.1, -0.05) is 28.1 Å². The Balaban J connectivity index is 2.18. The maximum absolute atomic E-state index is 13.6. The number of rotatable bonds is 4. The highest BCUT2D eigenvalue weighted by Gasteiger charge is 2.13. The molecule has 2 aromatic rings. The molecule has 0 bridgehead atoms. The van der Waals surface area contributed by atoms with Gasteiger partial charge in [-0.3, -0.25) is 4.79 Å². The van der Waals surface area contributed by atoms with E-state index in [0.717, 1.165) is 16.1 Å². The molecule has 0 saturated carbocycles. The maximum Gasteiger partial charge on any atom is 0.251 e. The number of hydrogen-bond donors (Lipinski definition) is 2. The molecular formula is C14H11BrF2N2O. The zero-order valence-electron chi connectivity index (χ0n) is 10.3. The quantitative estimate of drug-likeness (QED) is 0.895. The minimum atomic E-state index is -0.968. The van der Waals surface area contributed by atoms with Crippen molar-refractivity contribution in [3.63, 3.8) is 0 Å². The van der Waals surface area contributed by atoms with Gasteiger partial charge in [0, 0.05) is 17.1 Å². The summed E-state index contributed by atoms with van der Waals surface area (Å²) < 4.78 is 27.8. The lowest BCUT2D eigenvalue weighted by atomic mass is 10.1. The zero-order valence-corrected chi connectivity index (χ0v) is 11.9. The molecule has 0 unspecified atom stereocenters. The average molecular weight is 341 g/mol. The molecule has 3 nitrogen and oxygen atoms in total. The lowest BCUT2D eigenvalue weighted by Gasteiger charge is -2.09. The van der Waals surface area contributed by atoms with Gasteiger partial charge in [-0.05, 0) is 23.8 Å². The second kappa shape index (κ2) is 6.00. The van der Waals surface area contributed by atoms with Crippen molar-refractivity contribution in [2.45, 2.75) is 6.54 Å². The van der Waals surface area contributed by atoms with Crippen LogP contribution >= 0.6 is 15.9 Å². The van der Waals surface area contributed by atoms with Crippen LogP contribution in [-0.4, -0.2) is 5.91 Å². The van der Waals surface area contributed by atoms with Crippen LogP contribution in [0, 0.1) is 11.6 Å². The number of carbonyl (C=O) groups is 1. The van der Waals surface area contributed by atoms with Gasteiger partial charge in [0.05, 0.1) is 11.3 Å². The molecule has 2 aromatic carbocycles. The standard InChI is InChI=1S/C14H11BrF2N2O/c15-9-3-1-8(2-4-9)7-19-13-5-10(14(18)20)11(16)6-12(13)17/h1-6,19H,7H2,(H2,18,20). The molecule has 0 saturated heterocycles. The van der Waals surface area contributed by atoms with Gasteiger partial charge >= 0.3 is 0 Å². The van der Waals surface area contributed by atoms with Crippen molar-refractivity contribution in [1.29, 1.82) is 0 Å². The molecule has 0 atom stereocenters. The lowest BCUT2D eigenvalue weighted by Crippen LogP contribution is -2.14. The van der Waals surface area contributed by atoms with Crippen molar-refractivity contribution in [3.05, 3.63) is 63.6 Å². The first kappa shape index (κ1) is 14.5. The Hall–Kier alpha value is -1.95. The highest BCUT2D eigenvalue weighted by Crippen LogP contribution is 2.20. The number of halogens is 3. The molecule has 0 aromatic heterocycles. The van der Waals surface area contributed by atoms with Gasteiger partial charge in [-0.2, -0.15) is 0 Å². The predicted octanol–water partition coefficient (Wildman–Crippen LogP) is 3.44. The highest BCUT2D eigenvalue weighted by molar-refractivity contribution is 9.10. The second-order valence-electron chi connectivity index (χ2n) is 4.16. The van der Waals surface area contributed by atoms with E-state index in [-0.39, 0.29) is 11.3 Å². The largest absolute Gasteiger partial charge is 0.379 e. The molecule has 0 aliphatic carbocycles. The van der Waals surface area contributed by atoms with Crippen molar-refractivity contribution < 1.29 is 13.6 Å². The van der Waals surface area contributed by atoms with Crippen LogP contribution < -0.4 is 11.1 Å². The van der Waals surface area contributed by atoms with Gasteiger partial charge in [-0.25, -0.2) is 8.78 Å². The van der Waals surface area contributed by atoms with E-state index in [4.69, 9.17) is 5.73 Å². The first-order valence-corrected chi connectivity index (χ1v) is 6.54. The third-order valence-corrected chi connectivity index (χ3v) is 3.25. The van der Waals surface area contributed by atoms with E-state index >= 15 is 0 Å². The van der Waals surface area contributed by atoms with Gasteiger partial charge in [0.1, 0.15) is 11.6 Å². The molecule has 104 valence electrons. The Bertz CT molecular complexity index is 644. The number of anilines is 1. The van der Waals surface area contributed by atoms with Crippen LogP contribution in [0.2, 0.25) is 0 Å². The summed E-state index contributed by atoms with van der Waals surface area (Å²) in [5.41, 5.74) is 5.63. The van der Waals surface area contributed by atoms with E-state index < -0.39 is 17.5 Å². The van der Waals surface area contributed by atoms with E-state index in [0.29, 0.717) is 12.6 Å². The molecular weight excluding hydrogens is 330 g/mol. The Morgan fingerprint density at radius 3 is 2.40 bits per heavy atom. The Kier molecular flexibility index (Phi) is 4.34. The fourth-order valence-electron chi connectivity index (χ4n) is 1.67. The second-order valence-corrected chi connectivity index (χ2v) is 5.07. The minimum Gasteiger partial charge on any atom is -0.379 e. The van der Waals surface area contributed by atoms with E-state index in [1.54, 1.807) is 0 Å². The Morgan fingerprint density at radius 2 is 1.80 bits per heavy atom. The molecule has 1 amide bonds. The van der Waals surface area contributed by atoms with Crippen LogP contribution in [-0.2, 0) is 6.54 Å². The highest BCUT2D eigenvalue weighted by atomic mass is 79.9. The van der Waals surface area contributed by atoms with Crippen LogP contribution in [0.4, 0.5) is 14.5 Å². The molecule has 0 aliphatic heterocycles. The number of primary amides is 1. The average Bonchev–Trinajstić information content (AvgIpc) is 2.39. The normalized spacial score (nSPS) is 10.3. The van der Waals surface area contributed by atoms with Gasteiger partial charge < -0.3 is 11.1 Å². The number of carbonyl (C=O) groups excluding carboxylic acids is 1. The molecule has 2 rings (SSSR count). The van der Waals surface area contributed by atoms with Crippen molar-refractivity contribution in [3.8, 4) is 0 Å². The van der Waals surface area contributed by atoms with Crippen molar-refractivity contribution >= 4 is 27.5 Å². The van der Waals surface area contributed by atoms with Crippen LogP contribution in [0.1, 0.15) is 15.9 Å². The Morgan fingerprint density at radius 1 is 1.15 bits per heavy atom. The van der Waals surface area contributed by atoms with E-state index in [1.165, 1.54) is 0 Å². The first-order valence-electron chi connectivity index (χ1n) is 5.74. The SMILES string of the molecule is NC(=O)c1cc(NCc2ccc(Br)cc2)c(F)cc1F. The third-order valence-electron chi connectivity index (χ3n) is 2.72. The monoisotopic (exact) mass is 340 g/mol. The smallest absolute Gasteiger partial charge is 0.251 e. The molecule has 0 aliphatic rings.